The first kappa shape index (κ1) is 15.6. The van der Waals surface area contributed by atoms with Crippen molar-refractivity contribution in [3.05, 3.63) is 59.7 Å². The summed E-state index contributed by atoms with van der Waals surface area (Å²) in [6, 6.07) is 13.9. The van der Waals surface area contributed by atoms with Crippen molar-refractivity contribution >= 4 is 17.5 Å². The summed E-state index contributed by atoms with van der Waals surface area (Å²) < 4.78 is 0. The predicted molar refractivity (Wildman–Crippen MR) is 78.9 cm³/mol. The molecule has 7 nitrogen and oxygen atoms in total. The second-order valence-electron chi connectivity index (χ2n) is 4.42. The van der Waals surface area contributed by atoms with Gasteiger partial charge in [-0.3, -0.25) is 9.78 Å². The molecule has 0 fully saturated rings. The van der Waals surface area contributed by atoms with E-state index in [2.05, 4.69) is 9.78 Å². The van der Waals surface area contributed by atoms with Crippen molar-refractivity contribution < 1.29 is 24.3 Å². The normalized spacial score (nSPS) is 10.2. The Morgan fingerprint density at radius 3 is 1.45 bits per heavy atom. The highest BCUT2D eigenvalue weighted by Gasteiger charge is 2.07. The third-order valence-electron chi connectivity index (χ3n) is 2.66. The van der Waals surface area contributed by atoms with Gasteiger partial charge in [-0.2, -0.15) is 14.6 Å². The Balaban J connectivity index is 1.61. The first-order valence-corrected chi connectivity index (χ1v) is 6.45. The van der Waals surface area contributed by atoms with Crippen molar-refractivity contribution in [2.24, 2.45) is 0 Å². The minimum absolute atomic E-state index is 0.0767. The molecule has 4 N–H and O–H groups in total. The highest BCUT2D eigenvalue weighted by Crippen LogP contribution is 2.08. The molecule has 0 saturated carbocycles. The second kappa shape index (κ2) is 7.87. The minimum atomic E-state index is -1.09. The number of hydrogen-bond acceptors (Lipinski definition) is 7. The molecule has 0 aliphatic rings. The SMILES string of the molecule is Nc1ccc(COOC(=O)OOCc2ccc(N)cc2)cc1. The number of anilines is 2. The maximum absolute atomic E-state index is 11.2. The molecule has 0 unspecified atom stereocenters. The molecular formula is C15H16N2O5. The van der Waals surface area contributed by atoms with E-state index in [1.165, 1.54) is 0 Å². The van der Waals surface area contributed by atoms with Gasteiger partial charge in [-0.05, 0) is 35.4 Å². The van der Waals surface area contributed by atoms with Crippen LogP contribution >= 0.6 is 0 Å². The van der Waals surface area contributed by atoms with Crippen molar-refractivity contribution in [1.82, 2.24) is 0 Å². The molecule has 2 aromatic rings. The van der Waals surface area contributed by atoms with Gasteiger partial charge in [0.15, 0.2) is 0 Å². The van der Waals surface area contributed by atoms with E-state index in [0.717, 1.165) is 11.1 Å². The first-order valence-electron chi connectivity index (χ1n) is 6.45. The average Bonchev–Trinajstić information content (AvgIpc) is 2.51. The van der Waals surface area contributed by atoms with Crippen LogP contribution in [0.5, 0.6) is 0 Å². The molecule has 7 heteroatoms. The molecule has 0 bridgehead atoms. The topological polar surface area (TPSA) is 106 Å². The predicted octanol–water partition coefficient (Wildman–Crippen LogP) is 2.57. The van der Waals surface area contributed by atoms with E-state index >= 15 is 0 Å². The van der Waals surface area contributed by atoms with Gasteiger partial charge >= 0.3 is 6.16 Å². The van der Waals surface area contributed by atoms with E-state index in [0.29, 0.717) is 11.4 Å². The number of hydrogen-bond donors (Lipinski definition) is 2. The molecule has 2 rings (SSSR count). The summed E-state index contributed by atoms with van der Waals surface area (Å²) in [5.41, 5.74) is 14.0. The van der Waals surface area contributed by atoms with E-state index in [1.54, 1.807) is 48.5 Å². The van der Waals surface area contributed by atoms with Crippen LogP contribution in [0.4, 0.5) is 16.2 Å². The van der Waals surface area contributed by atoms with Crippen LogP contribution in [-0.2, 0) is 32.8 Å². The van der Waals surface area contributed by atoms with Crippen LogP contribution in [0.3, 0.4) is 0 Å². The highest BCUT2D eigenvalue weighted by molar-refractivity contribution is 5.58. The van der Waals surface area contributed by atoms with Gasteiger partial charge < -0.3 is 11.5 Å². The molecule has 0 spiro atoms. The maximum atomic E-state index is 11.2. The first-order chi connectivity index (χ1) is 10.6. The Bertz CT molecular complexity index is 545. The maximum Gasteiger partial charge on any atom is 0.573 e. The van der Waals surface area contributed by atoms with Crippen LogP contribution in [0.25, 0.3) is 0 Å². The van der Waals surface area contributed by atoms with Gasteiger partial charge in [-0.1, -0.05) is 24.3 Å². The molecule has 0 aliphatic heterocycles. The fraction of sp³-hybridized carbons (Fsp3) is 0.133. The quantitative estimate of drug-likeness (QED) is 0.480. The van der Waals surface area contributed by atoms with E-state index in [-0.39, 0.29) is 13.2 Å². The molecule has 22 heavy (non-hydrogen) atoms. The molecule has 116 valence electrons. The molecule has 2 aromatic carbocycles. The molecule has 0 radical (unpaired) electrons. The molecular weight excluding hydrogens is 288 g/mol. The number of nitrogen functional groups attached to an aromatic ring is 2. The minimum Gasteiger partial charge on any atom is -0.399 e. The Hall–Kier alpha value is -2.77. The zero-order valence-corrected chi connectivity index (χ0v) is 11.7. The number of rotatable bonds is 6. The summed E-state index contributed by atoms with van der Waals surface area (Å²) >= 11 is 0. The van der Waals surface area contributed by atoms with Crippen LogP contribution in [0.15, 0.2) is 48.5 Å². The van der Waals surface area contributed by atoms with Gasteiger partial charge in [0.2, 0.25) is 0 Å². The van der Waals surface area contributed by atoms with E-state index in [4.69, 9.17) is 21.2 Å². The summed E-state index contributed by atoms with van der Waals surface area (Å²) in [4.78, 5) is 29.4. The zero-order chi connectivity index (χ0) is 15.8. The van der Waals surface area contributed by atoms with E-state index in [1.807, 2.05) is 0 Å². The van der Waals surface area contributed by atoms with Crippen LogP contribution in [0, 0.1) is 0 Å². The summed E-state index contributed by atoms with van der Waals surface area (Å²) in [7, 11) is 0. The third-order valence-corrected chi connectivity index (χ3v) is 2.66. The lowest BCUT2D eigenvalue weighted by Gasteiger charge is -2.05. The number of carbonyl (C=O) groups is 1. The van der Waals surface area contributed by atoms with Crippen LogP contribution in [-0.4, -0.2) is 6.16 Å². The Labute approximate surface area is 127 Å². The number of nitrogens with two attached hydrogens (primary N) is 2. The number of carbonyl (C=O) groups excluding carboxylic acids is 1. The standard InChI is InChI=1S/C15H16N2O5/c16-13-5-1-11(2-6-13)9-19-21-15(18)22-20-10-12-3-7-14(17)8-4-12/h1-8H,9-10,16-17H2. The largest absolute Gasteiger partial charge is 0.573 e. The van der Waals surface area contributed by atoms with Crippen LogP contribution < -0.4 is 11.5 Å². The lowest BCUT2D eigenvalue weighted by Crippen LogP contribution is -2.09. The molecule has 0 aliphatic carbocycles. The van der Waals surface area contributed by atoms with Crippen molar-refractivity contribution in [2.45, 2.75) is 13.2 Å². The van der Waals surface area contributed by atoms with Crippen molar-refractivity contribution in [2.75, 3.05) is 11.5 Å². The molecule has 0 heterocycles. The Morgan fingerprint density at radius 2 is 1.09 bits per heavy atom. The molecule has 0 saturated heterocycles. The smallest absolute Gasteiger partial charge is 0.399 e. The molecule has 0 aromatic heterocycles. The lowest BCUT2D eigenvalue weighted by molar-refractivity contribution is -0.328. The summed E-state index contributed by atoms with van der Waals surface area (Å²) in [5.74, 6) is 0. The van der Waals surface area contributed by atoms with Crippen molar-refractivity contribution in [3.8, 4) is 0 Å². The highest BCUT2D eigenvalue weighted by atomic mass is 17.3. The average molecular weight is 304 g/mol. The zero-order valence-electron chi connectivity index (χ0n) is 11.7. The molecule has 0 atom stereocenters. The Morgan fingerprint density at radius 1 is 0.727 bits per heavy atom. The van der Waals surface area contributed by atoms with E-state index in [9.17, 15) is 4.79 Å². The van der Waals surface area contributed by atoms with E-state index < -0.39 is 6.16 Å². The lowest BCUT2D eigenvalue weighted by atomic mass is 10.2. The van der Waals surface area contributed by atoms with Crippen molar-refractivity contribution in [3.63, 3.8) is 0 Å². The summed E-state index contributed by atoms with van der Waals surface area (Å²) in [5, 5.41) is 0. The van der Waals surface area contributed by atoms with Crippen LogP contribution in [0.2, 0.25) is 0 Å². The fourth-order valence-corrected chi connectivity index (χ4v) is 1.53. The third kappa shape index (κ3) is 5.31. The summed E-state index contributed by atoms with van der Waals surface area (Å²) in [6.07, 6.45) is -1.09. The van der Waals surface area contributed by atoms with Crippen molar-refractivity contribution in [1.29, 1.82) is 0 Å². The molecule has 0 amide bonds. The summed E-state index contributed by atoms with van der Waals surface area (Å²) in [6.45, 7) is 0.153. The van der Waals surface area contributed by atoms with Gasteiger partial charge in [0.05, 0.1) is 0 Å². The van der Waals surface area contributed by atoms with Gasteiger partial charge in [0.25, 0.3) is 0 Å². The van der Waals surface area contributed by atoms with Gasteiger partial charge in [-0.25, -0.2) is 0 Å². The van der Waals surface area contributed by atoms with Gasteiger partial charge in [0.1, 0.15) is 13.2 Å². The second-order valence-corrected chi connectivity index (χ2v) is 4.42. The van der Waals surface area contributed by atoms with Gasteiger partial charge in [-0.15, -0.1) is 0 Å². The van der Waals surface area contributed by atoms with Crippen LogP contribution in [0.1, 0.15) is 11.1 Å². The number of benzene rings is 2. The Kier molecular flexibility index (Phi) is 5.58. The monoisotopic (exact) mass is 304 g/mol. The van der Waals surface area contributed by atoms with Gasteiger partial charge in [0, 0.05) is 11.4 Å². The fourth-order valence-electron chi connectivity index (χ4n) is 1.53.